The first-order chi connectivity index (χ1) is 29.2. The third kappa shape index (κ3) is 4.79. The first-order valence-corrected chi connectivity index (χ1v) is 20.4. The molecule has 0 spiro atoms. The Morgan fingerprint density at radius 2 is 0.729 bits per heavy atom. The van der Waals surface area contributed by atoms with Crippen LogP contribution in [0.1, 0.15) is 0 Å². The van der Waals surface area contributed by atoms with Gasteiger partial charge in [0.05, 0.1) is 0 Å². The van der Waals surface area contributed by atoms with Crippen LogP contribution in [0.25, 0.3) is 131 Å². The van der Waals surface area contributed by atoms with Crippen LogP contribution in [0.15, 0.2) is 211 Å². The van der Waals surface area contributed by atoms with Crippen molar-refractivity contribution in [2.75, 3.05) is 0 Å². The smallest absolute Gasteiger partial charge is 0.143 e. The summed E-state index contributed by atoms with van der Waals surface area (Å²) in [6.07, 6.45) is 0. The van der Waals surface area contributed by atoms with Gasteiger partial charge in [0.15, 0.2) is 0 Å². The van der Waals surface area contributed by atoms with Crippen LogP contribution in [-0.4, -0.2) is 0 Å². The molecule has 1 heteroatoms. The van der Waals surface area contributed by atoms with Crippen LogP contribution in [0.4, 0.5) is 0 Å². The van der Waals surface area contributed by atoms with E-state index < -0.39 is 0 Å². The van der Waals surface area contributed by atoms with Gasteiger partial charge in [0.2, 0.25) is 0 Å². The fourth-order valence-corrected chi connectivity index (χ4v) is 10.0. The maximum absolute atomic E-state index is 6.61. The van der Waals surface area contributed by atoms with Crippen molar-refractivity contribution in [1.82, 2.24) is 0 Å². The van der Waals surface area contributed by atoms with Gasteiger partial charge in [0.1, 0.15) is 11.2 Å². The van der Waals surface area contributed by atoms with E-state index in [0.29, 0.717) is 0 Å². The summed E-state index contributed by atoms with van der Waals surface area (Å²) >= 11 is 0. The number of para-hydroxylation sites is 1. The van der Waals surface area contributed by atoms with Crippen molar-refractivity contribution in [2.45, 2.75) is 0 Å². The first kappa shape index (κ1) is 32.4. The third-order valence-electron chi connectivity index (χ3n) is 12.8. The van der Waals surface area contributed by atoms with E-state index in [1.54, 1.807) is 0 Å². The molecule has 12 aromatic carbocycles. The molecule has 0 unspecified atom stereocenters. The van der Waals surface area contributed by atoms with Gasteiger partial charge in [-0.1, -0.05) is 182 Å². The summed E-state index contributed by atoms with van der Waals surface area (Å²) in [7, 11) is 0. The summed E-state index contributed by atoms with van der Waals surface area (Å²) in [5.41, 5.74) is 11.7. The van der Waals surface area contributed by atoms with Crippen molar-refractivity contribution < 1.29 is 4.42 Å². The van der Waals surface area contributed by atoms with E-state index in [0.717, 1.165) is 21.9 Å². The van der Waals surface area contributed by atoms with E-state index >= 15 is 0 Å². The average molecular weight is 747 g/mol. The molecule has 0 bridgehead atoms. The average Bonchev–Trinajstić information content (AvgIpc) is 3.70. The molecule has 0 aliphatic carbocycles. The molecular weight excluding hydrogens is 713 g/mol. The predicted molar refractivity (Wildman–Crippen MR) is 252 cm³/mol. The number of hydrogen-bond acceptors (Lipinski definition) is 1. The maximum Gasteiger partial charge on any atom is 0.143 e. The second-order valence-corrected chi connectivity index (χ2v) is 15.9. The monoisotopic (exact) mass is 746 g/mol. The largest absolute Gasteiger partial charge is 0.455 e. The zero-order valence-electron chi connectivity index (χ0n) is 32.0. The van der Waals surface area contributed by atoms with Gasteiger partial charge >= 0.3 is 0 Å². The number of furan rings is 1. The van der Waals surface area contributed by atoms with Gasteiger partial charge in [-0.2, -0.15) is 0 Å². The minimum atomic E-state index is 0.923. The van der Waals surface area contributed by atoms with Crippen LogP contribution in [0.3, 0.4) is 0 Å². The number of rotatable bonds is 4. The fraction of sp³-hybridized carbons (Fsp3) is 0. The molecular formula is C58H34O. The molecule has 0 aliphatic heterocycles. The highest BCUT2D eigenvalue weighted by atomic mass is 16.3. The van der Waals surface area contributed by atoms with Crippen molar-refractivity contribution in [3.8, 4) is 44.5 Å². The zero-order chi connectivity index (χ0) is 38.6. The molecule has 0 fully saturated rings. The normalized spacial score (nSPS) is 12.1. The van der Waals surface area contributed by atoms with Crippen molar-refractivity contribution in [2.24, 2.45) is 0 Å². The Bertz CT molecular complexity index is 3810. The molecule has 0 aliphatic rings. The molecule has 1 aromatic heterocycles. The van der Waals surface area contributed by atoms with Gasteiger partial charge in [0, 0.05) is 16.2 Å². The van der Waals surface area contributed by atoms with E-state index in [2.05, 4.69) is 200 Å². The fourth-order valence-electron chi connectivity index (χ4n) is 10.0. The summed E-state index contributed by atoms with van der Waals surface area (Å²) in [5, 5.41) is 17.4. The lowest BCUT2D eigenvalue weighted by Crippen LogP contribution is -1.90. The van der Waals surface area contributed by atoms with Crippen molar-refractivity contribution in [3.63, 3.8) is 0 Å². The van der Waals surface area contributed by atoms with Gasteiger partial charge < -0.3 is 4.42 Å². The van der Waals surface area contributed by atoms with Gasteiger partial charge in [-0.3, -0.25) is 0 Å². The van der Waals surface area contributed by atoms with Crippen LogP contribution in [0.2, 0.25) is 0 Å². The molecule has 0 saturated heterocycles. The van der Waals surface area contributed by atoms with E-state index in [1.165, 1.54) is 109 Å². The van der Waals surface area contributed by atoms with Crippen molar-refractivity contribution >= 4 is 86.6 Å². The van der Waals surface area contributed by atoms with Crippen LogP contribution in [0.5, 0.6) is 0 Å². The summed E-state index contributed by atoms with van der Waals surface area (Å²) in [4.78, 5) is 0. The Labute approximate surface area is 340 Å². The maximum atomic E-state index is 6.61. The predicted octanol–water partition coefficient (Wildman–Crippen LogP) is 16.6. The van der Waals surface area contributed by atoms with E-state index in [-0.39, 0.29) is 0 Å². The number of benzene rings is 12. The zero-order valence-corrected chi connectivity index (χ0v) is 32.0. The molecule has 1 heterocycles. The Kier molecular flexibility index (Phi) is 6.79. The lowest BCUT2D eigenvalue weighted by Gasteiger charge is -2.17. The van der Waals surface area contributed by atoms with Gasteiger partial charge in [-0.25, -0.2) is 0 Å². The summed E-state index contributed by atoms with van der Waals surface area (Å²) in [6.45, 7) is 0. The van der Waals surface area contributed by atoms with Crippen LogP contribution in [-0.2, 0) is 0 Å². The van der Waals surface area contributed by atoms with E-state index in [9.17, 15) is 0 Å². The standard InChI is InChI=1S/C58H34O/c1-2-9-35(10-3-1)40-11-8-12-42(33-40)44-27-22-39-23-28-48-43(26-21-38-24-29-49(44)56(39)55(38)48)37-19-17-36(18-20-37)41-25-30-51-53(34-41)46-14-5-4-13-45(46)50-31-32-52-47-15-6-7-16-54(47)59-58(52)57(50)51/h1-34H. The molecule has 13 rings (SSSR count). The van der Waals surface area contributed by atoms with Crippen molar-refractivity contribution in [1.29, 1.82) is 0 Å². The van der Waals surface area contributed by atoms with Crippen LogP contribution >= 0.6 is 0 Å². The molecule has 0 radical (unpaired) electrons. The van der Waals surface area contributed by atoms with Crippen LogP contribution in [0, 0.1) is 0 Å². The summed E-state index contributed by atoms with van der Waals surface area (Å²) < 4.78 is 6.61. The number of hydrogen-bond donors (Lipinski definition) is 0. The van der Waals surface area contributed by atoms with Crippen molar-refractivity contribution in [3.05, 3.63) is 206 Å². The molecule has 13 aromatic rings. The Morgan fingerprint density at radius 1 is 0.237 bits per heavy atom. The Hall–Kier alpha value is -7.74. The van der Waals surface area contributed by atoms with Gasteiger partial charge in [-0.15, -0.1) is 0 Å². The molecule has 0 N–H and O–H groups in total. The highest BCUT2D eigenvalue weighted by molar-refractivity contribution is 6.33. The topological polar surface area (TPSA) is 13.1 Å². The lowest BCUT2D eigenvalue weighted by molar-refractivity contribution is 0.673. The second-order valence-electron chi connectivity index (χ2n) is 15.9. The third-order valence-corrected chi connectivity index (χ3v) is 12.8. The minimum absolute atomic E-state index is 0.923. The Morgan fingerprint density at radius 3 is 1.49 bits per heavy atom. The Balaban J connectivity index is 0.933. The number of fused-ring (bicyclic) bond motifs is 10. The highest BCUT2D eigenvalue weighted by Crippen LogP contribution is 2.45. The van der Waals surface area contributed by atoms with Gasteiger partial charge in [-0.05, 0) is 128 Å². The molecule has 59 heavy (non-hydrogen) atoms. The lowest BCUT2D eigenvalue weighted by atomic mass is 9.86. The van der Waals surface area contributed by atoms with E-state index in [1.807, 2.05) is 6.07 Å². The minimum Gasteiger partial charge on any atom is -0.455 e. The summed E-state index contributed by atoms with van der Waals surface area (Å²) in [6, 6.07) is 75.8. The molecule has 272 valence electrons. The molecule has 0 amide bonds. The SMILES string of the molecule is c1ccc(-c2cccc(-c3ccc4ccc5c(-c6ccc(-c7ccc8c(c7)c7ccccc7c7ccc9c%10ccccc%10oc9c78)cc6)ccc6ccc3c4c65)c2)cc1. The van der Waals surface area contributed by atoms with Crippen LogP contribution < -0.4 is 0 Å². The highest BCUT2D eigenvalue weighted by Gasteiger charge is 2.18. The second kappa shape index (κ2) is 12.4. The van der Waals surface area contributed by atoms with E-state index in [4.69, 9.17) is 4.42 Å². The quantitative estimate of drug-likeness (QED) is 0.164. The molecule has 0 atom stereocenters. The molecule has 1 nitrogen and oxygen atoms in total. The van der Waals surface area contributed by atoms with Gasteiger partial charge in [0.25, 0.3) is 0 Å². The molecule has 0 saturated carbocycles. The summed E-state index contributed by atoms with van der Waals surface area (Å²) in [5.74, 6) is 0. The first-order valence-electron chi connectivity index (χ1n) is 20.4.